The van der Waals surface area contributed by atoms with Crippen molar-refractivity contribution < 1.29 is 13.2 Å². The van der Waals surface area contributed by atoms with Crippen LogP contribution in [0, 0.1) is 12.8 Å². The first-order valence-corrected chi connectivity index (χ1v) is 9.94. The molecule has 1 rings (SSSR count). The molecule has 0 aliphatic carbocycles. The third kappa shape index (κ3) is 5.70. The summed E-state index contributed by atoms with van der Waals surface area (Å²) in [5.41, 5.74) is 1.35. The van der Waals surface area contributed by atoms with E-state index >= 15 is 0 Å². The fourth-order valence-electron chi connectivity index (χ4n) is 2.45. The van der Waals surface area contributed by atoms with Gasteiger partial charge in [-0.05, 0) is 43.5 Å². The summed E-state index contributed by atoms with van der Waals surface area (Å²) >= 11 is 5.92. The number of hydrogen-bond donors (Lipinski definition) is 1. The van der Waals surface area contributed by atoms with Gasteiger partial charge in [-0.1, -0.05) is 25.4 Å². The van der Waals surface area contributed by atoms with E-state index < -0.39 is 10.0 Å². The van der Waals surface area contributed by atoms with Crippen LogP contribution in [0.3, 0.4) is 0 Å². The summed E-state index contributed by atoms with van der Waals surface area (Å²) in [6.07, 6.45) is 2.70. The SMILES string of the molecule is CCC(CC)C(=O)NCCN(c1ccc(Cl)cc1C)S(C)(=O)=O. The molecule has 0 atom stereocenters. The molecule has 0 heterocycles. The second-order valence-corrected chi connectivity index (χ2v) is 7.91. The van der Waals surface area contributed by atoms with Gasteiger partial charge in [-0.15, -0.1) is 0 Å². The van der Waals surface area contributed by atoms with E-state index in [4.69, 9.17) is 11.6 Å². The first-order valence-electron chi connectivity index (χ1n) is 7.72. The maximum Gasteiger partial charge on any atom is 0.232 e. The van der Waals surface area contributed by atoms with Crippen molar-refractivity contribution in [2.24, 2.45) is 5.92 Å². The normalized spacial score (nSPS) is 11.6. The van der Waals surface area contributed by atoms with Crippen LogP contribution in [-0.2, 0) is 14.8 Å². The highest BCUT2D eigenvalue weighted by molar-refractivity contribution is 7.92. The summed E-state index contributed by atoms with van der Waals surface area (Å²) in [5, 5.41) is 3.37. The van der Waals surface area contributed by atoms with Crippen LogP contribution in [0.1, 0.15) is 32.3 Å². The Morgan fingerprint density at radius 3 is 2.39 bits per heavy atom. The zero-order valence-electron chi connectivity index (χ0n) is 14.1. The van der Waals surface area contributed by atoms with E-state index in [2.05, 4.69) is 5.32 Å². The molecule has 0 unspecified atom stereocenters. The molecule has 1 aromatic carbocycles. The van der Waals surface area contributed by atoms with Crippen LogP contribution in [-0.4, -0.2) is 33.7 Å². The lowest BCUT2D eigenvalue weighted by Gasteiger charge is -2.25. The van der Waals surface area contributed by atoms with Crippen LogP contribution in [0.15, 0.2) is 18.2 Å². The van der Waals surface area contributed by atoms with Gasteiger partial charge in [0.1, 0.15) is 0 Å². The molecular weight excluding hydrogens is 336 g/mol. The second-order valence-electron chi connectivity index (χ2n) is 5.57. The number of benzene rings is 1. The van der Waals surface area contributed by atoms with Gasteiger partial charge in [-0.25, -0.2) is 8.42 Å². The molecular formula is C16H25ClN2O3S. The number of aryl methyl sites for hydroxylation is 1. The van der Waals surface area contributed by atoms with Gasteiger partial charge in [0.15, 0.2) is 0 Å². The number of amides is 1. The first-order chi connectivity index (χ1) is 10.7. The molecule has 0 fully saturated rings. The standard InChI is InChI=1S/C16H25ClN2O3S/c1-5-13(6-2)16(20)18-9-10-19(23(4,21)22)15-8-7-14(17)11-12(15)3/h7-8,11,13H,5-6,9-10H2,1-4H3,(H,18,20). The van der Waals surface area contributed by atoms with Gasteiger partial charge in [-0.3, -0.25) is 9.10 Å². The number of halogens is 1. The molecule has 0 aliphatic rings. The molecule has 130 valence electrons. The average molecular weight is 361 g/mol. The predicted molar refractivity (Wildman–Crippen MR) is 95.5 cm³/mol. The Bertz CT molecular complexity index is 643. The lowest BCUT2D eigenvalue weighted by atomic mass is 10.0. The highest BCUT2D eigenvalue weighted by Gasteiger charge is 2.20. The van der Waals surface area contributed by atoms with Crippen molar-refractivity contribution in [3.05, 3.63) is 28.8 Å². The molecule has 0 saturated carbocycles. The summed E-state index contributed by atoms with van der Waals surface area (Å²) in [4.78, 5) is 12.0. The van der Waals surface area contributed by atoms with Gasteiger partial charge in [0.2, 0.25) is 15.9 Å². The van der Waals surface area contributed by atoms with E-state index in [9.17, 15) is 13.2 Å². The topological polar surface area (TPSA) is 66.5 Å². The maximum atomic E-state index is 12.1. The molecule has 0 aliphatic heterocycles. The average Bonchev–Trinajstić information content (AvgIpc) is 2.45. The van der Waals surface area contributed by atoms with E-state index in [1.807, 2.05) is 20.8 Å². The Balaban J connectivity index is 2.84. The molecule has 1 amide bonds. The number of nitrogens with one attached hydrogen (secondary N) is 1. The zero-order valence-corrected chi connectivity index (χ0v) is 15.7. The number of carbonyl (C=O) groups excluding carboxylic acids is 1. The number of hydrogen-bond acceptors (Lipinski definition) is 3. The molecule has 0 spiro atoms. The van der Waals surface area contributed by atoms with Gasteiger partial charge < -0.3 is 5.32 Å². The van der Waals surface area contributed by atoms with Crippen molar-refractivity contribution in [2.75, 3.05) is 23.7 Å². The summed E-state index contributed by atoms with van der Waals surface area (Å²) in [6, 6.07) is 5.06. The molecule has 7 heteroatoms. The summed E-state index contributed by atoms with van der Waals surface area (Å²) in [7, 11) is -3.44. The van der Waals surface area contributed by atoms with Crippen LogP contribution in [0.2, 0.25) is 5.02 Å². The van der Waals surface area contributed by atoms with Crippen molar-refractivity contribution >= 4 is 33.2 Å². The Kier molecular flexibility index (Phi) is 7.35. The highest BCUT2D eigenvalue weighted by Crippen LogP contribution is 2.25. The number of carbonyl (C=O) groups is 1. The lowest BCUT2D eigenvalue weighted by Crippen LogP contribution is -2.40. The third-order valence-electron chi connectivity index (χ3n) is 3.80. The van der Waals surface area contributed by atoms with E-state index in [0.29, 0.717) is 10.7 Å². The smallest absolute Gasteiger partial charge is 0.232 e. The number of sulfonamides is 1. The van der Waals surface area contributed by atoms with E-state index in [0.717, 1.165) is 24.7 Å². The van der Waals surface area contributed by atoms with Crippen molar-refractivity contribution in [3.8, 4) is 0 Å². The molecule has 1 N–H and O–H groups in total. The quantitative estimate of drug-likeness (QED) is 0.775. The van der Waals surface area contributed by atoms with Gasteiger partial charge in [0.05, 0.1) is 18.5 Å². The number of nitrogens with zero attached hydrogens (tertiary/aromatic N) is 1. The summed E-state index contributed by atoms with van der Waals surface area (Å²) in [6.45, 7) is 6.20. The maximum absolute atomic E-state index is 12.1. The van der Waals surface area contributed by atoms with Crippen molar-refractivity contribution in [1.29, 1.82) is 0 Å². The summed E-state index contributed by atoms with van der Waals surface area (Å²) in [5.74, 6) is -0.0600. The minimum atomic E-state index is -3.44. The largest absolute Gasteiger partial charge is 0.354 e. The Labute approximate surface area is 144 Å². The Morgan fingerprint density at radius 1 is 1.30 bits per heavy atom. The molecule has 23 heavy (non-hydrogen) atoms. The molecule has 5 nitrogen and oxygen atoms in total. The number of anilines is 1. The minimum Gasteiger partial charge on any atom is -0.354 e. The molecule has 0 aromatic heterocycles. The zero-order chi connectivity index (χ0) is 17.6. The third-order valence-corrected chi connectivity index (χ3v) is 5.21. The van der Waals surface area contributed by atoms with Crippen molar-refractivity contribution in [2.45, 2.75) is 33.6 Å². The van der Waals surface area contributed by atoms with Gasteiger partial charge in [0, 0.05) is 17.5 Å². The van der Waals surface area contributed by atoms with E-state index in [1.54, 1.807) is 18.2 Å². The Morgan fingerprint density at radius 2 is 1.91 bits per heavy atom. The van der Waals surface area contributed by atoms with Gasteiger partial charge in [0.25, 0.3) is 0 Å². The van der Waals surface area contributed by atoms with Crippen LogP contribution in [0.4, 0.5) is 5.69 Å². The van der Waals surface area contributed by atoms with E-state index in [-0.39, 0.29) is 24.9 Å². The van der Waals surface area contributed by atoms with Gasteiger partial charge in [-0.2, -0.15) is 0 Å². The van der Waals surface area contributed by atoms with Crippen LogP contribution < -0.4 is 9.62 Å². The molecule has 0 bridgehead atoms. The van der Waals surface area contributed by atoms with Crippen LogP contribution in [0.5, 0.6) is 0 Å². The monoisotopic (exact) mass is 360 g/mol. The lowest BCUT2D eigenvalue weighted by molar-refractivity contribution is -0.125. The predicted octanol–water partition coefficient (Wildman–Crippen LogP) is 2.97. The minimum absolute atomic E-state index is 0.0287. The van der Waals surface area contributed by atoms with Gasteiger partial charge >= 0.3 is 0 Å². The summed E-state index contributed by atoms with van der Waals surface area (Å²) < 4.78 is 25.4. The molecule has 0 radical (unpaired) electrons. The number of rotatable bonds is 8. The fraction of sp³-hybridized carbons (Fsp3) is 0.562. The highest BCUT2D eigenvalue weighted by atomic mass is 35.5. The Hall–Kier alpha value is -1.27. The first kappa shape index (κ1) is 19.8. The van der Waals surface area contributed by atoms with Crippen molar-refractivity contribution in [3.63, 3.8) is 0 Å². The van der Waals surface area contributed by atoms with Crippen molar-refractivity contribution in [1.82, 2.24) is 5.32 Å². The van der Waals surface area contributed by atoms with Crippen LogP contribution in [0.25, 0.3) is 0 Å². The molecule has 1 aromatic rings. The van der Waals surface area contributed by atoms with E-state index in [1.165, 1.54) is 4.31 Å². The molecule has 0 saturated heterocycles. The second kappa shape index (κ2) is 8.55. The van der Waals surface area contributed by atoms with Crippen LogP contribution >= 0.6 is 11.6 Å². The fourth-order valence-corrected chi connectivity index (χ4v) is 3.66.